The van der Waals surface area contributed by atoms with Crippen molar-refractivity contribution >= 4 is 33.5 Å². The van der Waals surface area contributed by atoms with E-state index in [1.54, 1.807) is 12.1 Å². The van der Waals surface area contributed by atoms with Crippen LogP contribution >= 0.6 is 0 Å². The molecule has 4 fully saturated rings. The highest BCUT2D eigenvalue weighted by Crippen LogP contribution is 2.54. The molecule has 7 atom stereocenters. The van der Waals surface area contributed by atoms with E-state index >= 15 is 0 Å². The third-order valence-corrected chi connectivity index (χ3v) is 15.4. The lowest BCUT2D eigenvalue weighted by atomic mass is 9.79. The number of fused-ring (bicyclic) bond motifs is 6. The molecule has 0 radical (unpaired) electrons. The number of nitrogens with zero attached hydrogens (tertiary/aromatic N) is 2. The van der Waals surface area contributed by atoms with Gasteiger partial charge >= 0.3 is 11.9 Å². The number of ether oxygens (including phenoxy) is 3. The summed E-state index contributed by atoms with van der Waals surface area (Å²) in [7, 11) is 0. The number of aliphatic hydroxyl groups excluding tert-OH is 1. The van der Waals surface area contributed by atoms with Crippen molar-refractivity contribution in [2.75, 3.05) is 39.4 Å². The van der Waals surface area contributed by atoms with Gasteiger partial charge < -0.3 is 24.4 Å². The lowest BCUT2D eigenvalue weighted by Gasteiger charge is -2.32. The predicted molar refractivity (Wildman–Crippen MR) is 240 cm³/mol. The number of esters is 2. The van der Waals surface area contributed by atoms with Crippen molar-refractivity contribution in [2.24, 2.45) is 41.4 Å². The van der Waals surface area contributed by atoms with Crippen LogP contribution in [0, 0.1) is 41.4 Å². The molecule has 2 heterocycles. The number of phenols is 1. The minimum atomic E-state index is -0.351. The van der Waals surface area contributed by atoms with Gasteiger partial charge in [0.15, 0.2) is 0 Å². The molecule has 4 bridgehead atoms. The fourth-order valence-corrected chi connectivity index (χ4v) is 12.1. The molecule has 326 valence electrons. The summed E-state index contributed by atoms with van der Waals surface area (Å²) in [4.78, 5) is 30.1. The molecule has 7 unspecified atom stereocenters. The van der Waals surface area contributed by atoms with E-state index in [9.17, 15) is 19.8 Å². The molecule has 0 spiro atoms. The summed E-state index contributed by atoms with van der Waals surface area (Å²) in [5.41, 5.74) is 5.28. The Morgan fingerprint density at radius 2 is 1.29 bits per heavy atom. The molecule has 4 aliphatic carbocycles. The smallest absolute Gasteiger partial charge is 0.309 e. The number of hydrogen-bond donors (Lipinski definition) is 2. The first-order chi connectivity index (χ1) is 30.2. The van der Waals surface area contributed by atoms with Crippen LogP contribution in [0.2, 0.25) is 0 Å². The van der Waals surface area contributed by atoms with Crippen LogP contribution in [-0.4, -0.2) is 83.6 Å². The number of carbonyl (C=O) groups is 2. The Morgan fingerprint density at radius 1 is 0.677 bits per heavy atom. The Morgan fingerprint density at radius 3 is 1.94 bits per heavy atom. The second kappa shape index (κ2) is 17.8. The second-order valence-corrected chi connectivity index (χ2v) is 19.3. The summed E-state index contributed by atoms with van der Waals surface area (Å²) < 4.78 is 17.9. The number of carbonyl (C=O) groups excluding carboxylic acids is 2. The zero-order valence-corrected chi connectivity index (χ0v) is 36.1. The second-order valence-electron chi connectivity index (χ2n) is 19.3. The van der Waals surface area contributed by atoms with Crippen LogP contribution in [0.4, 0.5) is 0 Å². The van der Waals surface area contributed by atoms with Gasteiger partial charge in [-0.05, 0) is 171 Å². The molecule has 6 aliphatic rings. The van der Waals surface area contributed by atoms with Crippen molar-refractivity contribution in [2.45, 2.75) is 90.0 Å². The number of piperidine rings is 2. The van der Waals surface area contributed by atoms with E-state index < -0.39 is 0 Å². The SMILES string of the molecule is CCOC(=O)C1CCN(Cc2ccc3cc(OC4CC5C=C(CC6C7C=C(CCOC(=O)C8CCN(Cc9ccc%10cc(O)ccc%10c9)CC8)C(C7)C6O)C4C5)ccc3c2)CC1. The fraction of sp³-hybridized carbons (Fsp3) is 0.509. The van der Waals surface area contributed by atoms with E-state index in [1.807, 2.05) is 13.0 Å². The van der Waals surface area contributed by atoms with E-state index in [0.29, 0.717) is 37.4 Å². The highest BCUT2D eigenvalue weighted by atomic mass is 16.5. The topological polar surface area (TPSA) is 109 Å². The standard InChI is InChI=1S/C53H62N2O7/c1-2-60-52(58)36-11-16-54(17-12-36)32-34-4-6-41-28-46(10-8-39(41)22-34)62-50-25-35-23-43(47(50)24-35)29-49-44-26-42(48(30-44)51(49)57)15-20-61-53(59)37-13-18-55(19-14-37)31-33-3-5-40-27-45(56)9-7-38(40)21-33/h3-10,21-23,26-28,35-37,44,47-51,56-57H,2,11-20,24-25,29-32H2,1H3. The molecule has 10 rings (SSSR count). The molecule has 9 nitrogen and oxygen atoms in total. The molecule has 2 N–H and O–H groups in total. The lowest BCUT2D eigenvalue weighted by Crippen LogP contribution is -2.36. The van der Waals surface area contributed by atoms with Gasteiger partial charge in [-0.2, -0.15) is 0 Å². The van der Waals surface area contributed by atoms with Crippen LogP contribution in [-0.2, 0) is 32.2 Å². The first kappa shape index (κ1) is 41.3. The highest BCUT2D eigenvalue weighted by molar-refractivity contribution is 5.85. The van der Waals surface area contributed by atoms with E-state index in [2.05, 4.69) is 76.5 Å². The Balaban J connectivity index is 0.665. The molecule has 4 aromatic carbocycles. The van der Waals surface area contributed by atoms with Crippen LogP contribution in [0.15, 0.2) is 96.1 Å². The molecular weight excluding hydrogens is 777 g/mol. The molecule has 2 aliphatic heterocycles. The predicted octanol–water partition coefficient (Wildman–Crippen LogP) is 8.98. The van der Waals surface area contributed by atoms with Crippen molar-refractivity contribution in [3.63, 3.8) is 0 Å². The van der Waals surface area contributed by atoms with Gasteiger partial charge in [0.05, 0.1) is 31.2 Å². The molecule has 0 aromatic heterocycles. The third-order valence-electron chi connectivity index (χ3n) is 15.4. The Bertz CT molecular complexity index is 2360. The average Bonchev–Trinajstić information content (AvgIpc) is 4.06. The summed E-state index contributed by atoms with van der Waals surface area (Å²) in [6.45, 7) is 8.01. The van der Waals surface area contributed by atoms with Crippen molar-refractivity contribution in [3.05, 3.63) is 107 Å². The van der Waals surface area contributed by atoms with Gasteiger partial charge in [-0.1, -0.05) is 59.7 Å². The molecular formula is C53H62N2O7. The number of rotatable bonds is 14. The minimum Gasteiger partial charge on any atom is -0.508 e. The Kier molecular flexibility index (Phi) is 11.9. The van der Waals surface area contributed by atoms with Gasteiger partial charge in [-0.15, -0.1) is 0 Å². The zero-order chi connectivity index (χ0) is 42.3. The van der Waals surface area contributed by atoms with E-state index in [4.69, 9.17) is 14.2 Å². The maximum atomic E-state index is 13.1. The minimum absolute atomic E-state index is 0.0307. The van der Waals surface area contributed by atoms with Crippen molar-refractivity contribution in [1.82, 2.24) is 9.80 Å². The normalized spacial score (nSPS) is 27.8. The summed E-state index contributed by atoms with van der Waals surface area (Å²) in [6.07, 6.45) is 12.9. The first-order valence-corrected chi connectivity index (χ1v) is 23.5. The van der Waals surface area contributed by atoms with Gasteiger partial charge in [-0.25, -0.2) is 0 Å². The zero-order valence-electron chi connectivity index (χ0n) is 36.1. The molecule has 9 heteroatoms. The van der Waals surface area contributed by atoms with Gasteiger partial charge in [0.1, 0.15) is 17.6 Å². The number of benzene rings is 4. The molecule has 62 heavy (non-hydrogen) atoms. The fourth-order valence-electron chi connectivity index (χ4n) is 12.1. The molecule has 2 saturated carbocycles. The number of likely N-dealkylation sites (tertiary alicyclic amines) is 2. The lowest BCUT2D eigenvalue weighted by molar-refractivity contribution is -0.150. The van der Waals surface area contributed by atoms with Crippen LogP contribution in [0.5, 0.6) is 11.5 Å². The van der Waals surface area contributed by atoms with Crippen LogP contribution in [0.3, 0.4) is 0 Å². The number of allylic oxidation sites excluding steroid dienone is 2. The Hall–Kier alpha value is -4.70. The van der Waals surface area contributed by atoms with Crippen molar-refractivity contribution in [1.29, 1.82) is 0 Å². The highest BCUT2D eigenvalue weighted by Gasteiger charge is 2.50. The molecule has 0 amide bonds. The molecule has 4 aromatic rings. The quantitative estimate of drug-likeness (QED) is 0.0951. The summed E-state index contributed by atoms with van der Waals surface area (Å²) in [6, 6.07) is 25.1. The van der Waals surface area contributed by atoms with Crippen LogP contribution in [0.25, 0.3) is 21.5 Å². The maximum Gasteiger partial charge on any atom is 0.309 e. The third kappa shape index (κ3) is 8.78. The van der Waals surface area contributed by atoms with Gasteiger partial charge in [0, 0.05) is 31.3 Å². The number of aromatic hydroxyl groups is 1. The van der Waals surface area contributed by atoms with Crippen molar-refractivity contribution in [3.8, 4) is 11.5 Å². The molecule has 2 saturated heterocycles. The average molecular weight is 839 g/mol. The Labute approximate surface area is 365 Å². The van der Waals surface area contributed by atoms with Gasteiger partial charge in [-0.3, -0.25) is 19.4 Å². The number of hydrogen-bond acceptors (Lipinski definition) is 9. The van der Waals surface area contributed by atoms with Crippen LogP contribution in [0.1, 0.15) is 75.8 Å². The van der Waals surface area contributed by atoms with E-state index in [-0.39, 0.29) is 53.6 Å². The number of phenolic OH excluding ortho intramolecular Hbond substituents is 1. The van der Waals surface area contributed by atoms with E-state index in [0.717, 1.165) is 107 Å². The summed E-state index contributed by atoms with van der Waals surface area (Å²) >= 11 is 0. The summed E-state index contributed by atoms with van der Waals surface area (Å²) in [5.74, 6) is 2.81. The first-order valence-electron chi connectivity index (χ1n) is 23.5. The maximum absolute atomic E-state index is 13.1. The number of aliphatic hydroxyl groups is 1. The van der Waals surface area contributed by atoms with Crippen LogP contribution < -0.4 is 4.74 Å². The van der Waals surface area contributed by atoms with Gasteiger partial charge in [0.25, 0.3) is 0 Å². The largest absolute Gasteiger partial charge is 0.508 e. The summed E-state index contributed by atoms with van der Waals surface area (Å²) in [5, 5.41) is 25.9. The van der Waals surface area contributed by atoms with E-state index in [1.165, 1.54) is 33.0 Å². The van der Waals surface area contributed by atoms with Gasteiger partial charge in [0.2, 0.25) is 0 Å². The monoisotopic (exact) mass is 838 g/mol. The van der Waals surface area contributed by atoms with Crippen molar-refractivity contribution < 1.29 is 34.0 Å².